The molecular weight excluding hydrogens is 382 g/mol. The summed E-state index contributed by atoms with van der Waals surface area (Å²) in [6.45, 7) is 3.89. The van der Waals surface area contributed by atoms with Crippen molar-refractivity contribution in [3.63, 3.8) is 0 Å². The number of nitrogens with one attached hydrogen (secondary N) is 2. The average molecular weight is 405 g/mol. The second-order valence-corrected chi connectivity index (χ2v) is 7.63. The first-order valence-corrected chi connectivity index (χ1v) is 9.99. The predicted molar refractivity (Wildman–Crippen MR) is 112 cm³/mol. The standard InChI is InChI=1S/C23H23N3O4/c1-14(24-25-21(28)19-8-4-5-9-20(19)27)15-10-12-16(13-11-15)26-22(29)17-6-2-3-7-18(17)23(26)30/h4-5,8-13,17-18,24,27H,1-3,6-7H2,(H,25,28)/t17-,18+. The molecule has 0 aromatic heterocycles. The van der Waals surface area contributed by atoms with E-state index in [-0.39, 0.29) is 35.0 Å². The van der Waals surface area contributed by atoms with Crippen LogP contribution in [-0.2, 0) is 9.59 Å². The monoisotopic (exact) mass is 405 g/mol. The van der Waals surface area contributed by atoms with E-state index in [0.29, 0.717) is 16.9 Å². The molecule has 0 unspecified atom stereocenters. The number of fused-ring (bicyclic) bond motifs is 1. The molecule has 7 heteroatoms. The number of hydrogen-bond acceptors (Lipinski definition) is 5. The zero-order valence-electron chi connectivity index (χ0n) is 16.4. The highest BCUT2D eigenvalue weighted by Gasteiger charge is 2.48. The first kappa shape index (κ1) is 19.7. The third kappa shape index (κ3) is 3.54. The van der Waals surface area contributed by atoms with E-state index >= 15 is 0 Å². The van der Waals surface area contributed by atoms with Gasteiger partial charge in [-0.1, -0.05) is 43.7 Å². The Bertz CT molecular complexity index is 991. The molecule has 0 spiro atoms. The van der Waals surface area contributed by atoms with Crippen molar-refractivity contribution in [2.45, 2.75) is 25.7 Å². The van der Waals surface area contributed by atoms with E-state index in [1.165, 1.54) is 17.0 Å². The van der Waals surface area contributed by atoms with Crippen molar-refractivity contribution < 1.29 is 19.5 Å². The molecule has 2 fully saturated rings. The number of hydrazine groups is 1. The van der Waals surface area contributed by atoms with E-state index in [4.69, 9.17) is 0 Å². The molecule has 3 amide bonds. The van der Waals surface area contributed by atoms with Gasteiger partial charge in [0.25, 0.3) is 5.91 Å². The molecular formula is C23H23N3O4. The van der Waals surface area contributed by atoms with Crippen LogP contribution >= 0.6 is 0 Å². The van der Waals surface area contributed by atoms with Crippen LogP contribution in [-0.4, -0.2) is 22.8 Å². The number of phenolic OH excluding ortho intramolecular Hbond substituents is 1. The summed E-state index contributed by atoms with van der Waals surface area (Å²) >= 11 is 0. The maximum atomic E-state index is 12.7. The van der Waals surface area contributed by atoms with E-state index in [2.05, 4.69) is 17.4 Å². The Labute approximate surface area is 174 Å². The van der Waals surface area contributed by atoms with Crippen molar-refractivity contribution in [3.8, 4) is 5.75 Å². The Balaban J connectivity index is 1.41. The van der Waals surface area contributed by atoms with Crippen molar-refractivity contribution in [3.05, 3.63) is 66.2 Å². The molecule has 2 atom stereocenters. The molecule has 4 rings (SSSR count). The number of carbonyl (C=O) groups is 3. The van der Waals surface area contributed by atoms with Crippen molar-refractivity contribution in [2.24, 2.45) is 11.8 Å². The number of anilines is 1. The summed E-state index contributed by atoms with van der Waals surface area (Å²) in [7, 11) is 0. The van der Waals surface area contributed by atoms with Gasteiger partial charge in [0.15, 0.2) is 0 Å². The maximum Gasteiger partial charge on any atom is 0.273 e. The Kier molecular flexibility index (Phi) is 5.27. The highest BCUT2D eigenvalue weighted by molar-refractivity contribution is 6.22. The summed E-state index contributed by atoms with van der Waals surface area (Å²) in [5.74, 6) is -1.21. The summed E-state index contributed by atoms with van der Waals surface area (Å²) < 4.78 is 0. The predicted octanol–water partition coefficient (Wildman–Crippen LogP) is 2.98. The molecule has 0 bridgehead atoms. The van der Waals surface area contributed by atoms with Gasteiger partial charge in [0, 0.05) is 0 Å². The molecule has 1 aliphatic heterocycles. The molecule has 3 N–H and O–H groups in total. The molecule has 2 aromatic carbocycles. The summed E-state index contributed by atoms with van der Waals surface area (Å²) in [6, 6.07) is 13.1. The molecule has 1 heterocycles. The second kappa shape index (κ2) is 8.02. The molecule has 1 aliphatic carbocycles. The number of carbonyl (C=O) groups excluding carboxylic acids is 3. The molecule has 154 valence electrons. The fourth-order valence-corrected chi connectivity index (χ4v) is 4.17. The number of amides is 3. The lowest BCUT2D eigenvalue weighted by Crippen LogP contribution is -2.35. The van der Waals surface area contributed by atoms with Gasteiger partial charge in [-0.15, -0.1) is 0 Å². The number of para-hydroxylation sites is 1. The Morgan fingerprint density at radius 2 is 1.53 bits per heavy atom. The van der Waals surface area contributed by atoms with Gasteiger partial charge in [0.05, 0.1) is 28.8 Å². The lowest BCUT2D eigenvalue weighted by molar-refractivity contribution is -0.122. The van der Waals surface area contributed by atoms with E-state index in [0.717, 1.165) is 25.7 Å². The van der Waals surface area contributed by atoms with Crippen LogP contribution in [0.25, 0.3) is 5.70 Å². The molecule has 2 aromatic rings. The molecule has 1 saturated heterocycles. The van der Waals surface area contributed by atoms with Crippen molar-refractivity contribution >= 4 is 29.1 Å². The number of hydrogen-bond donors (Lipinski definition) is 3. The molecule has 0 radical (unpaired) electrons. The highest BCUT2D eigenvalue weighted by Crippen LogP contribution is 2.40. The van der Waals surface area contributed by atoms with Crippen molar-refractivity contribution in [1.29, 1.82) is 0 Å². The van der Waals surface area contributed by atoms with E-state index < -0.39 is 5.91 Å². The number of phenols is 1. The number of benzene rings is 2. The summed E-state index contributed by atoms with van der Waals surface area (Å²) in [4.78, 5) is 38.9. The minimum Gasteiger partial charge on any atom is -0.507 e. The van der Waals surface area contributed by atoms with Gasteiger partial charge in [0.1, 0.15) is 5.75 Å². The van der Waals surface area contributed by atoms with Crippen LogP contribution in [0.4, 0.5) is 5.69 Å². The van der Waals surface area contributed by atoms with Crippen molar-refractivity contribution in [1.82, 2.24) is 10.9 Å². The van der Waals surface area contributed by atoms with E-state index in [1.807, 2.05) is 0 Å². The zero-order chi connectivity index (χ0) is 21.3. The number of rotatable bonds is 5. The fourth-order valence-electron chi connectivity index (χ4n) is 4.17. The highest BCUT2D eigenvalue weighted by atomic mass is 16.3. The number of imide groups is 1. The van der Waals surface area contributed by atoms with Crippen LogP contribution in [0.1, 0.15) is 41.6 Å². The lowest BCUT2D eigenvalue weighted by atomic mass is 9.81. The first-order chi connectivity index (χ1) is 14.5. The minimum absolute atomic E-state index is 0.107. The van der Waals surface area contributed by atoms with Crippen LogP contribution in [0.15, 0.2) is 55.1 Å². The summed E-state index contributed by atoms with van der Waals surface area (Å²) in [5.41, 5.74) is 7.01. The van der Waals surface area contributed by atoms with Crippen LogP contribution in [0.5, 0.6) is 5.75 Å². The summed E-state index contributed by atoms with van der Waals surface area (Å²) in [6.07, 6.45) is 3.54. The first-order valence-electron chi connectivity index (χ1n) is 9.99. The molecule has 2 aliphatic rings. The van der Waals surface area contributed by atoms with Crippen LogP contribution < -0.4 is 15.8 Å². The number of aromatic hydroxyl groups is 1. The van der Waals surface area contributed by atoms with Crippen LogP contribution in [0, 0.1) is 11.8 Å². The van der Waals surface area contributed by atoms with Crippen molar-refractivity contribution in [2.75, 3.05) is 4.90 Å². The fraction of sp³-hybridized carbons (Fsp3) is 0.261. The van der Waals surface area contributed by atoms with Crippen LogP contribution in [0.2, 0.25) is 0 Å². The maximum absolute atomic E-state index is 12.7. The van der Waals surface area contributed by atoms with E-state index in [1.54, 1.807) is 36.4 Å². The van der Waals surface area contributed by atoms with Gasteiger partial charge in [-0.05, 0) is 42.7 Å². The SMILES string of the molecule is C=C(NNC(=O)c1ccccc1O)c1ccc(N2C(=O)[C@H]3CCCC[C@H]3C2=O)cc1. The third-order valence-corrected chi connectivity index (χ3v) is 5.79. The van der Waals surface area contributed by atoms with Gasteiger partial charge in [-0.2, -0.15) is 0 Å². The average Bonchev–Trinajstić information content (AvgIpc) is 3.02. The normalized spacial score (nSPS) is 20.6. The number of nitrogens with zero attached hydrogens (tertiary/aromatic N) is 1. The Hall–Kier alpha value is -3.61. The van der Waals surface area contributed by atoms with Crippen LogP contribution in [0.3, 0.4) is 0 Å². The quantitative estimate of drug-likeness (QED) is 0.525. The zero-order valence-corrected chi connectivity index (χ0v) is 16.4. The van der Waals surface area contributed by atoms with E-state index in [9.17, 15) is 19.5 Å². The van der Waals surface area contributed by atoms with Gasteiger partial charge >= 0.3 is 0 Å². The summed E-state index contributed by atoms with van der Waals surface area (Å²) in [5, 5.41) is 9.75. The van der Waals surface area contributed by atoms with Gasteiger partial charge in [-0.3, -0.25) is 30.1 Å². The van der Waals surface area contributed by atoms with Gasteiger partial charge in [-0.25, -0.2) is 0 Å². The largest absolute Gasteiger partial charge is 0.507 e. The Morgan fingerprint density at radius 3 is 2.13 bits per heavy atom. The molecule has 7 nitrogen and oxygen atoms in total. The smallest absolute Gasteiger partial charge is 0.273 e. The molecule has 30 heavy (non-hydrogen) atoms. The topological polar surface area (TPSA) is 98.7 Å². The lowest BCUT2D eigenvalue weighted by Gasteiger charge is -2.19. The molecule has 1 saturated carbocycles. The van der Waals surface area contributed by atoms with Gasteiger partial charge in [0.2, 0.25) is 11.8 Å². The Morgan fingerprint density at radius 1 is 0.933 bits per heavy atom. The van der Waals surface area contributed by atoms with Gasteiger partial charge < -0.3 is 5.11 Å². The third-order valence-electron chi connectivity index (χ3n) is 5.79. The minimum atomic E-state index is -0.498. The second-order valence-electron chi connectivity index (χ2n) is 7.63.